The SMILES string of the molecule is CC(C)(C)N[Si](C)(C)C1C=C(n2cccc2)c2ccccc21. The minimum absolute atomic E-state index is 0.148. The Morgan fingerprint density at radius 2 is 1.64 bits per heavy atom. The number of hydrogen-bond donors (Lipinski definition) is 1. The van der Waals surface area contributed by atoms with E-state index in [1.807, 2.05) is 0 Å². The standard InChI is InChI=1S/C19H26N2Si/c1-19(2,3)20-22(4,5)18-14-17(21-12-8-9-13-21)15-10-6-7-11-16(15)18/h6-14,18,20H,1-5H3. The van der Waals surface area contributed by atoms with Gasteiger partial charge in [0.2, 0.25) is 0 Å². The summed E-state index contributed by atoms with van der Waals surface area (Å²) in [6.07, 6.45) is 6.74. The summed E-state index contributed by atoms with van der Waals surface area (Å²) in [6, 6.07) is 13.0. The van der Waals surface area contributed by atoms with Gasteiger partial charge in [-0.1, -0.05) is 43.4 Å². The van der Waals surface area contributed by atoms with Crippen LogP contribution in [0.4, 0.5) is 0 Å². The molecule has 1 atom stereocenters. The highest BCUT2D eigenvalue weighted by Crippen LogP contribution is 2.41. The first-order valence-corrected chi connectivity index (χ1v) is 11.1. The van der Waals surface area contributed by atoms with Gasteiger partial charge in [-0.2, -0.15) is 0 Å². The molecule has 0 bridgehead atoms. The van der Waals surface area contributed by atoms with E-state index >= 15 is 0 Å². The lowest BCUT2D eigenvalue weighted by Crippen LogP contribution is -2.57. The molecule has 116 valence electrons. The molecule has 0 radical (unpaired) electrons. The van der Waals surface area contributed by atoms with Crippen molar-refractivity contribution < 1.29 is 0 Å². The molecule has 0 aliphatic heterocycles. The Balaban J connectivity index is 2.06. The Labute approximate surface area is 135 Å². The van der Waals surface area contributed by atoms with Crippen molar-refractivity contribution in [3.05, 3.63) is 66.0 Å². The molecule has 1 unspecified atom stereocenters. The van der Waals surface area contributed by atoms with Crippen LogP contribution in [0, 0.1) is 0 Å². The van der Waals surface area contributed by atoms with E-state index in [0.29, 0.717) is 5.54 Å². The quantitative estimate of drug-likeness (QED) is 0.819. The molecule has 0 saturated carbocycles. The van der Waals surface area contributed by atoms with Crippen LogP contribution in [0.5, 0.6) is 0 Å². The van der Waals surface area contributed by atoms with Gasteiger partial charge in [0.1, 0.15) is 8.24 Å². The lowest BCUT2D eigenvalue weighted by Gasteiger charge is -2.37. The second kappa shape index (κ2) is 5.25. The van der Waals surface area contributed by atoms with Crippen molar-refractivity contribution >= 4 is 13.9 Å². The van der Waals surface area contributed by atoms with Gasteiger partial charge in [-0.05, 0) is 38.5 Å². The molecule has 2 nitrogen and oxygen atoms in total. The number of aromatic nitrogens is 1. The number of nitrogens with one attached hydrogen (secondary N) is 1. The molecular formula is C19H26N2Si. The minimum Gasteiger partial charge on any atom is -0.332 e. The van der Waals surface area contributed by atoms with Gasteiger partial charge in [0.05, 0.1) is 0 Å². The smallest absolute Gasteiger partial charge is 0.131 e. The number of nitrogens with zero attached hydrogens (tertiary/aromatic N) is 1. The molecular weight excluding hydrogens is 284 g/mol. The Kier molecular flexibility index (Phi) is 3.66. The van der Waals surface area contributed by atoms with E-state index in [0.717, 1.165) is 0 Å². The molecule has 1 aromatic carbocycles. The number of benzene rings is 1. The van der Waals surface area contributed by atoms with Crippen molar-refractivity contribution in [3.8, 4) is 0 Å². The molecule has 2 aromatic rings. The Morgan fingerprint density at radius 1 is 1.00 bits per heavy atom. The highest BCUT2D eigenvalue weighted by atomic mass is 28.3. The molecule has 3 rings (SSSR count). The van der Waals surface area contributed by atoms with E-state index in [1.54, 1.807) is 0 Å². The summed E-state index contributed by atoms with van der Waals surface area (Å²) in [7, 11) is -1.65. The molecule has 1 N–H and O–H groups in total. The predicted octanol–water partition coefficient (Wildman–Crippen LogP) is 4.61. The molecule has 0 fully saturated rings. The van der Waals surface area contributed by atoms with Crippen LogP contribution in [0.3, 0.4) is 0 Å². The van der Waals surface area contributed by atoms with Crippen LogP contribution in [0.25, 0.3) is 5.70 Å². The number of rotatable bonds is 3. The third-order valence-corrected chi connectivity index (χ3v) is 7.68. The summed E-state index contributed by atoms with van der Waals surface area (Å²) in [5.74, 6) is 0. The first-order valence-electron chi connectivity index (χ1n) is 8.02. The van der Waals surface area contributed by atoms with Gasteiger partial charge in [0.15, 0.2) is 0 Å². The van der Waals surface area contributed by atoms with Crippen LogP contribution in [-0.2, 0) is 0 Å². The Bertz CT molecular complexity index is 690. The molecule has 1 heterocycles. The third-order valence-electron chi connectivity index (χ3n) is 4.25. The van der Waals surface area contributed by atoms with Gasteiger partial charge in [0.25, 0.3) is 0 Å². The minimum atomic E-state index is -1.65. The van der Waals surface area contributed by atoms with Crippen LogP contribution < -0.4 is 4.98 Å². The molecule has 3 heteroatoms. The van der Waals surface area contributed by atoms with Crippen molar-refractivity contribution in [1.82, 2.24) is 9.55 Å². The van der Waals surface area contributed by atoms with E-state index in [1.165, 1.54) is 16.8 Å². The maximum Gasteiger partial charge on any atom is 0.131 e. The van der Waals surface area contributed by atoms with E-state index in [4.69, 9.17) is 0 Å². The highest BCUT2D eigenvalue weighted by molar-refractivity contribution is 6.77. The van der Waals surface area contributed by atoms with Crippen molar-refractivity contribution in [2.45, 2.75) is 44.9 Å². The van der Waals surface area contributed by atoms with Crippen molar-refractivity contribution in [2.75, 3.05) is 0 Å². The largest absolute Gasteiger partial charge is 0.332 e. The van der Waals surface area contributed by atoms with Gasteiger partial charge in [-0.3, -0.25) is 0 Å². The van der Waals surface area contributed by atoms with E-state index in [-0.39, 0.29) is 5.54 Å². The Morgan fingerprint density at radius 3 is 2.27 bits per heavy atom. The molecule has 1 aliphatic carbocycles. The maximum absolute atomic E-state index is 3.93. The van der Waals surface area contributed by atoms with Crippen molar-refractivity contribution in [1.29, 1.82) is 0 Å². The van der Waals surface area contributed by atoms with Crippen molar-refractivity contribution in [2.24, 2.45) is 0 Å². The first-order chi connectivity index (χ1) is 10.3. The van der Waals surface area contributed by atoms with Crippen LogP contribution in [-0.4, -0.2) is 18.3 Å². The summed E-state index contributed by atoms with van der Waals surface area (Å²) in [5.41, 5.74) is 4.82. The monoisotopic (exact) mass is 310 g/mol. The van der Waals surface area contributed by atoms with E-state index in [2.05, 4.69) is 98.3 Å². The van der Waals surface area contributed by atoms with Crippen LogP contribution in [0.2, 0.25) is 13.1 Å². The second-order valence-corrected chi connectivity index (χ2v) is 12.1. The van der Waals surface area contributed by atoms with E-state index in [9.17, 15) is 0 Å². The zero-order valence-electron chi connectivity index (χ0n) is 14.2. The van der Waals surface area contributed by atoms with Gasteiger partial charge in [0, 0.05) is 34.7 Å². The normalized spacial score (nSPS) is 18.2. The summed E-state index contributed by atoms with van der Waals surface area (Å²) < 4.78 is 2.24. The fraction of sp³-hybridized carbons (Fsp3) is 0.368. The van der Waals surface area contributed by atoms with Crippen LogP contribution in [0.15, 0.2) is 54.9 Å². The second-order valence-electron chi connectivity index (χ2n) is 7.80. The summed E-state index contributed by atoms with van der Waals surface area (Å²) in [6.45, 7) is 11.7. The van der Waals surface area contributed by atoms with Crippen LogP contribution >= 0.6 is 0 Å². The van der Waals surface area contributed by atoms with Gasteiger partial charge < -0.3 is 9.55 Å². The molecule has 1 aliphatic rings. The fourth-order valence-electron chi connectivity index (χ4n) is 3.70. The maximum atomic E-state index is 3.93. The number of allylic oxidation sites excluding steroid dienone is 1. The summed E-state index contributed by atoms with van der Waals surface area (Å²) in [5, 5.41) is 0. The highest BCUT2D eigenvalue weighted by Gasteiger charge is 2.39. The first kappa shape index (κ1) is 15.3. The van der Waals surface area contributed by atoms with Gasteiger partial charge >= 0.3 is 0 Å². The Hall–Kier alpha value is -1.58. The van der Waals surface area contributed by atoms with E-state index < -0.39 is 8.24 Å². The molecule has 0 amide bonds. The van der Waals surface area contributed by atoms with Gasteiger partial charge in [-0.15, -0.1) is 0 Å². The fourth-order valence-corrected chi connectivity index (χ4v) is 7.39. The molecule has 0 spiro atoms. The van der Waals surface area contributed by atoms with Crippen molar-refractivity contribution in [3.63, 3.8) is 0 Å². The number of fused-ring (bicyclic) bond motifs is 1. The molecule has 0 saturated heterocycles. The summed E-state index contributed by atoms with van der Waals surface area (Å²) >= 11 is 0. The lowest BCUT2D eigenvalue weighted by atomic mass is 10.1. The zero-order valence-corrected chi connectivity index (χ0v) is 15.2. The zero-order chi connectivity index (χ0) is 16.0. The van der Waals surface area contributed by atoms with Gasteiger partial charge in [-0.25, -0.2) is 0 Å². The third kappa shape index (κ3) is 2.83. The average Bonchev–Trinajstić information content (AvgIpc) is 3.02. The lowest BCUT2D eigenvalue weighted by molar-refractivity contribution is 0.509. The molecule has 1 aromatic heterocycles. The van der Waals surface area contributed by atoms with Crippen LogP contribution in [0.1, 0.15) is 37.4 Å². The number of hydrogen-bond acceptors (Lipinski definition) is 1. The predicted molar refractivity (Wildman–Crippen MR) is 97.4 cm³/mol. The molecule has 22 heavy (non-hydrogen) atoms. The average molecular weight is 311 g/mol. The topological polar surface area (TPSA) is 17.0 Å². The summed E-state index contributed by atoms with van der Waals surface area (Å²) in [4.78, 5) is 3.93.